The number of methoxy groups -OCH3 is 3. The number of amides is 1. The highest BCUT2D eigenvalue weighted by molar-refractivity contribution is 7.89. The van der Waals surface area contributed by atoms with Crippen molar-refractivity contribution in [3.63, 3.8) is 0 Å². The second-order valence-corrected chi connectivity index (χ2v) is 10.9. The number of ether oxygens (including phenoxy) is 4. The summed E-state index contributed by atoms with van der Waals surface area (Å²) in [5, 5.41) is 2.96. The Kier molecular flexibility index (Phi) is 8.78. The van der Waals surface area contributed by atoms with Crippen LogP contribution in [-0.2, 0) is 14.8 Å². The Bertz CT molecular complexity index is 1180. The fraction of sp³-hybridized carbons (Fsp3) is 0.500. The molecule has 0 unspecified atom stereocenters. The molecular formula is C26H35N3O7S. The van der Waals surface area contributed by atoms with Crippen molar-refractivity contribution in [2.45, 2.75) is 30.6 Å². The summed E-state index contributed by atoms with van der Waals surface area (Å²) in [6.45, 7) is 2.98. The third-order valence-corrected chi connectivity index (χ3v) is 8.59. The molecule has 202 valence electrons. The van der Waals surface area contributed by atoms with E-state index in [1.54, 1.807) is 30.3 Å². The van der Waals surface area contributed by atoms with Crippen LogP contribution in [0.4, 0.5) is 11.4 Å². The molecule has 0 aromatic heterocycles. The van der Waals surface area contributed by atoms with Gasteiger partial charge in [0.05, 0.1) is 50.8 Å². The Morgan fingerprint density at radius 3 is 2.05 bits per heavy atom. The van der Waals surface area contributed by atoms with Gasteiger partial charge in [-0.15, -0.1) is 0 Å². The summed E-state index contributed by atoms with van der Waals surface area (Å²) < 4.78 is 49.6. The highest BCUT2D eigenvalue weighted by atomic mass is 32.2. The first-order chi connectivity index (χ1) is 17.9. The van der Waals surface area contributed by atoms with Gasteiger partial charge in [-0.3, -0.25) is 4.79 Å². The van der Waals surface area contributed by atoms with Crippen LogP contribution in [0.25, 0.3) is 0 Å². The molecule has 10 nitrogen and oxygen atoms in total. The molecule has 0 saturated carbocycles. The van der Waals surface area contributed by atoms with E-state index >= 15 is 0 Å². The van der Waals surface area contributed by atoms with Gasteiger partial charge in [0.25, 0.3) is 5.91 Å². The largest absolute Gasteiger partial charge is 0.493 e. The van der Waals surface area contributed by atoms with Crippen LogP contribution in [0.5, 0.6) is 17.2 Å². The lowest BCUT2D eigenvalue weighted by atomic mass is 10.1. The van der Waals surface area contributed by atoms with Crippen LogP contribution in [0.1, 0.15) is 36.0 Å². The Labute approximate surface area is 218 Å². The molecule has 2 heterocycles. The molecule has 0 atom stereocenters. The van der Waals surface area contributed by atoms with Gasteiger partial charge in [0, 0.05) is 31.7 Å². The van der Waals surface area contributed by atoms with E-state index in [1.165, 1.54) is 25.6 Å². The monoisotopic (exact) mass is 533 g/mol. The summed E-state index contributed by atoms with van der Waals surface area (Å²) in [4.78, 5) is 15.8. The number of hydrogen-bond donors (Lipinski definition) is 1. The SMILES string of the molecule is COc1cc(C(=O)Nc2cc(S(=O)(=O)N3CCOCC3)ccc2N2CCCCCC2)cc(OC)c1OC. The van der Waals surface area contributed by atoms with Gasteiger partial charge in [-0.05, 0) is 43.2 Å². The number of hydrogen-bond acceptors (Lipinski definition) is 8. The average Bonchev–Trinajstić information content (AvgIpc) is 3.22. The molecule has 0 bridgehead atoms. The summed E-state index contributed by atoms with van der Waals surface area (Å²) >= 11 is 0. The Morgan fingerprint density at radius 2 is 1.49 bits per heavy atom. The zero-order chi connectivity index (χ0) is 26.4. The number of rotatable bonds is 8. The first kappa shape index (κ1) is 27.0. The van der Waals surface area contributed by atoms with Crippen LogP contribution in [0.15, 0.2) is 35.2 Å². The van der Waals surface area contributed by atoms with Crippen molar-refractivity contribution in [1.82, 2.24) is 4.31 Å². The number of carbonyl (C=O) groups excluding carboxylic acids is 1. The average molecular weight is 534 g/mol. The molecule has 2 aliphatic heterocycles. The van der Waals surface area contributed by atoms with Crippen molar-refractivity contribution < 1.29 is 32.2 Å². The standard InChI is InChI=1S/C26H35N3O7S/c1-33-23-16-19(17-24(34-2)25(23)35-3)26(30)27-21-18-20(37(31,32)29-12-14-36-15-13-29)8-9-22(21)28-10-6-4-5-7-11-28/h8-9,16-18H,4-7,10-15H2,1-3H3,(H,27,30). The minimum atomic E-state index is -3.74. The van der Waals surface area contributed by atoms with Crippen molar-refractivity contribution in [2.24, 2.45) is 0 Å². The lowest BCUT2D eigenvalue weighted by molar-refractivity contribution is 0.0730. The molecule has 37 heavy (non-hydrogen) atoms. The molecule has 11 heteroatoms. The van der Waals surface area contributed by atoms with Gasteiger partial charge in [0.2, 0.25) is 15.8 Å². The molecule has 0 spiro atoms. The number of sulfonamides is 1. The predicted molar refractivity (Wildman–Crippen MR) is 141 cm³/mol. The highest BCUT2D eigenvalue weighted by Crippen LogP contribution is 2.39. The fourth-order valence-electron chi connectivity index (χ4n) is 4.71. The minimum Gasteiger partial charge on any atom is -0.493 e. The van der Waals surface area contributed by atoms with E-state index in [1.807, 2.05) is 0 Å². The third kappa shape index (κ3) is 5.94. The Balaban J connectivity index is 1.72. The third-order valence-electron chi connectivity index (χ3n) is 6.70. The van der Waals surface area contributed by atoms with Crippen LogP contribution in [0.2, 0.25) is 0 Å². The number of benzene rings is 2. The maximum atomic E-state index is 13.5. The number of anilines is 2. The summed E-state index contributed by atoms with van der Waals surface area (Å²) in [5.41, 5.74) is 1.52. The number of nitrogens with one attached hydrogen (secondary N) is 1. The van der Waals surface area contributed by atoms with Crippen LogP contribution in [0, 0.1) is 0 Å². The molecule has 2 aliphatic rings. The van der Waals surface area contributed by atoms with E-state index in [0.717, 1.165) is 44.5 Å². The lowest BCUT2D eigenvalue weighted by Crippen LogP contribution is -2.40. The van der Waals surface area contributed by atoms with Crippen molar-refractivity contribution >= 4 is 27.3 Å². The molecule has 1 N–H and O–H groups in total. The smallest absolute Gasteiger partial charge is 0.255 e. The zero-order valence-corrected chi connectivity index (χ0v) is 22.4. The van der Waals surface area contributed by atoms with Crippen molar-refractivity contribution in [3.05, 3.63) is 35.9 Å². The minimum absolute atomic E-state index is 0.133. The van der Waals surface area contributed by atoms with E-state index < -0.39 is 15.9 Å². The van der Waals surface area contributed by atoms with E-state index in [9.17, 15) is 13.2 Å². The summed E-state index contributed by atoms with van der Waals surface area (Å²) in [6.07, 6.45) is 4.36. The van der Waals surface area contributed by atoms with E-state index in [0.29, 0.717) is 49.2 Å². The number of morpholine rings is 1. The molecule has 4 rings (SSSR count). The second-order valence-electron chi connectivity index (χ2n) is 8.96. The zero-order valence-electron chi connectivity index (χ0n) is 21.6. The van der Waals surface area contributed by atoms with Gasteiger partial charge in [-0.25, -0.2) is 8.42 Å². The molecular weight excluding hydrogens is 498 g/mol. The molecule has 1 amide bonds. The van der Waals surface area contributed by atoms with Gasteiger partial charge in [-0.1, -0.05) is 12.8 Å². The van der Waals surface area contributed by atoms with E-state index in [4.69, 9.17) is 18.9 Å². The van der Waals surface area contributed by atoms with Crippen LogP contribution in [0.3, 0.4) is 0 Å². The lowest BCUT2D eigenvalue weighted by Gasteiger charge is -2.28. The number of nitrogens with zero attached hydrogens (tertiary/aromatic N) is 2. The topological polar surface area (TPSA) is 107 Å². The summed E-state index contributed by atoms with van der Waals surface area (Å²) in [5.74, 6) is 0.661. The molecule has 0 radical (unpaired) electrons. The maximum absolute atomic E-state index is 13.5. The normalized spacial score (nSPS) is 17.1. The van der Waals surface area contributed by atoms with Gasteiger partial charge in [0.1, 0.15) is 0 Å². The van der Waals surface area contributed by atoms with E-state index in [2.05, 4.69) is 10.2 Å². The second kappa shape index (κ2) is 12.0. The van der Waals surface area contributed by atoms with E-state index in [-0.39, 0.29) is 10.5 Å². The van der Waals surface area contributed by atoms with Crippen molar-refractivity contribution in [3.8, 4) is 17.2 Å². The van der Waals surface area contributed by atoms with Crippen LogP contribution in [-0.4, -0.2) is 79.4 Å². The predicted octanol–water partition coefficient (Wildman–Crippen LogP) is 3.37. The molecule has 2 fully saturated rings. The highest BCUT2D eigenvalue weighted by Gasteiger charge is 2.28. The van der Waals surface area contributed by atoms with Crippen LogP contribution >= 0.6 is 0 Å². The van der Waals surface area contributed by atoms with Gasteiger partial charge < -0.3 is 29.2 Å². The fourth-order valence-corrected chi connectivity index (χ4v) is 6.14. The van der Waals surface area contributed by atoms with Crippen LogP contribution < -0.4 is 24.4 Å². The van der Waals surface area contributed by atoms with Crippen molar-refractivity contribution in [2.75, 3.05) is 70.9 Å². The molecule has 2 aromatic rings. The first-order valence-corrected chi connectivity index (χ1v) is 13.9. The summed E-state index contributed by atoms with van der Waals surface area (Å²) in [7, 11) is 0.716. The Hall–Kier alpha value is -3.02. The molecule has 0 aliphatic carbocycles. The van der Waals surface area contributed by atoms with Gasteiger partial charge >= 0.3 is 0 Å². The van der Waals surface area contributed by atoms with Gasteiger partial charge in [-0.2, -0.15) is 4.31 Å². The first-order valence-electron chi connectivity index (χ1n) is 12.5. The molecule has 2 saturated heterocycles. The maximum Gasteiger partial charge on any atom is 0.255 e. The van der Waals surface area contributed by atoms with Gasteiger partial charge in [0.15, 0.2) is 11.5 Å². The van der Waals surface area contributed by atoms with Crippen molar-refractivity contribution in [1.29, 1.82) is 0 Å². The number of carbonyl (C=O) groups is 1. The summed E-state index contributed by atoms with van der Waals surface area (Å²) in [6, 6.07) is 8.11. The molecule has 2 aromatic carbocycles. The quantitative estimate of drug-likeness (QED) is 0.551. The Morgan fingerprint density at radius 1 is 0.865 bits per heavy atom.